The summed E-state index contributed by atoms with van der Waals surface area (Å²) >= 11 is 1.43. The van der Waals surface area contributed by atoms with Crippen LogP contribution in [-0.2, 0) is 19.2 Å². The summed E-state index contributed by atoms with van der Waals surface area (Å²) in [5, 5.41) is 26.0. The smallest absolute Gasteiger partial charge is 0.328 e. The first kappa shape index (κ1) is 28.4. The summed E-state index contributed by atoms with van der Waals surface area (Å²) in [5.41, 5.74) is 15.8. The molecule has 0 aromatic heterocycles. The number of amides is 3. The van der Waals surface area contributed by atoms with Crippen molar-refractivity contribution in [2.24, 2.45) is 22.2 Å². The van der Waals surface area contributed by atoms with E-state index in [1.165, 1.54) is 18.7 Å². The van der Waals surface area contributed by atoms with Gasteiger partial charge in [0, 0.05) is 6.54 Å². The standard InChI is InChI=1S/C17H33N7O6S/c1-9(25)13(16(29)30)24-15(28)11(5-7-31-2)23-14(27)10(22-12(26)8-18)4-3-6-21-17(19)20/h9-11,13,25H,3-8,18H2,1-2H3,(H,22,26)(H,23,27)(H,24,28)(H,29,30)(H4,19,20,21). The number of nitrogens with two attached hydrogens (primary N) is 3. The van der Waals surface area contributed by atoms with Crippen LogP contribution in [-0.4, -0.2) is 89.2 Å². The maximum Gasteiger partial charge on any atom is 0.328 e. The van der Waals surface area contributed by atoms with Crippen LogP contribution in [0.2, 0.25) is 0 Å². The number of aliphatic carboxylic acids is 1. The number of hydrogen-bond donors (Lipinski definition) is 8. The van der Waals surface area contributed by atoms with Gasteiger partial charge in [-0.15, -0.1) is 0 Å². The molecule has 0 spiro atoms. The third-order valence-corrected chi connectivity index (χ3v) is 4.72. The minimum Gasteiger partial charge on any atom is -0.480 e. The first-order chi connectivity index (χ1) is 14.5. The Morgan fingerprint density at radius 2 is 1.61 bits per heavy atom. The number of nitrogens with one attached hydrogen (secondary N) is 3. The summed E-state index contributed by atoms with van der Waals surface area (Å²) in [6.07, 6.45) is 1.21. The molecule has 0 aromatic carbocycles. The SMILES string of the molecule is CSCCC(NC(=O)C(CCCN=C(N)N)NC(=O)CN)C(=O)NC(C(=O)O)C(C)O. The van der Waals surface area contributed by atoms with Crippen LogP contribution in [0.4, 0.5) is 0 Å². The van der Waals surface area contributed by atoms with Gasteiger partial charge in [-0.05, 0) is 38.2 Å². The van der Waals surface area contributed by atoms with Crippen molar-refractivity contribution in [3.05, 3.63) is 0 Å². The molecule has 0 saturated heterocycles. The highest BCUT2D eigenvalue weighted by molar-refractivity contribution is 7.98. The van der Waals surface area contributed by atoms with Gasteiger partial charge in [0.1, 0.15) is 12.1 Å². The molecule has 0 radical (unpaired) electrons. The maximum atomic E-state index is 12.7. The number of nitrogens with zero attached hydrogens (tertiary/aromatic N) is 1. The minimum absolute atomic E-state index is 0.105. The van der Waals surface area contributed by atoms with E-state index in [4.69, 9.17) is 22.3 Å². The average Bonchev–Trinajstić information content (AvgIpc) is 2.69. The largest absolute Gasteiger partial charge is 0.480 e. The van der Waals surface area contributed by atoms with Gasteiger partial charge in [0.15, 0.2) is 12.0 Å². The van der Waals surface area contributed by atoms with Gasteiger partial charge in [-0.1, -0.05) is 0 Å². The number of thioether (sulfide) groups is 1. The number of guanidine groups is 1. The van der Waals surface area contributed by atoms with E-state index in [1.807, 2.05) is 0 Å². The lowest BCUT2D eigenvalue weighted by molar-refractivity contribution is -0.145. The lowest BCUT2D eigenvalue weighted by atomic mass is 10.1. The Morgan fingerprint density at radius 1 is 1.03 bits per heavy atom. The Hall–Kier alpha value is -2.58. The van der Waals surface area contributed by atoms with Gasteiger partial charge in [-0.25, -0.2) is 4.79 Å². The van der Waals surface area contributed by atoms with E-state index >= 15 is 0 Å². The molecule has 31 heavy (non-hydrogen) atoms. The van der Waals surface area contributed by atoms with Gasteiger partial charge in [0.25, 0.3) is 0 Å². The summed E-state index contributed by atoms with van der Waals surface area (Å²) in [7, 11) is 0. The van der Waals surface area contributed by atoms with Crippen molar-refractivity contribution < 1.29 is 29.4 Å². The van der Waals surface area contributed by atoms with Crippen molar-refractivity contribution in [1.29, 1.82) is 0 Å². The van der Waals surface area contributed by atoms with Crippen molar-refractivity contribution in [2.75, 3.05) is 25.1 Å². The van der Waals surface area contributed by atoms with E-state index < -0.39 is 47.9 Å². The van der Waals surface area contributed by atoms with E-state index in [0.29, 0.717) is 12.2 Å². The van der Waals surface area contributed by atoms with Crippen LogP contribution in [0, 0.1) is 0 Å². The van der Waals surface area contributed by atoms with E-state index in [2.05, 4.69) is 20.9 Å². The van der Waals surface area contributed by atoms with Gasteiger partial charge >= 0.3 is 5.97 Å². The molecule has 0 bridgehead atoms. The fourth-order valence-corrected chi connectivity index (χ4v) is 2.92. The van der Waals surface area contributed by atoms with Crippen LogP contribution in [0.25, 0.3) is 0 Å². The summed E-state index contributed by atoms with van der Waals surface area (Å²) in [4.78, 5) is 52.1. The lowest BCUT2D eigenvalue weighted by Gasteiger charge is -2.25. The molecular weight excluding hydrogens is 430 g/mol. The molecule has 0 aliphatic rings. The van der Waals surface area contributed by atoms with Crippen LogP contribution in [0.5, 0.6) is 0 Å². The normalized spacial score (nSPS) is 14.5. The van der Waals surface area contributed by atoms with E-state index in [9.17, 15) is 24.3 Å². The van der Waals surface area contributed by atoms with Gasteiger partial charge in [-0.3, -0.25) is 19.4 Å². The second kappa shape index (κ2) is 15.3. The van der Waals surface area contributed by atoms with Crippen LogP contribution < -0.4 is 33.2 Å². The van der Waals surface area contributed by atoms with Gasteiger partial charge in [0.2, 0.25) is 17.7 Å². The first-order valence-corrected chi connectivity index (χ1v) is 11.0. The minimum atomic E-state index is -1.53. The fraction of sp³-hybridized carbons (Fsp3) is 0.706. The Labute approximate surface area is 185 Å². The Balaban J connectivity index is 5.31. The third-order valence-electron chi connectivity index (χ3n) is 4.07. The third kappa shape index (κ3) is 12.0. The monoisotopic (exact) mass is 463 g/mol. The van der Waals surface area contributed by atoms with Crippen LogP contribution in [0.3, 0.4) is 0 Å². The number of aliphatic hydroxyl groups is 1. The zero-order valence-electron chi connectivity index (χ0n) is 17.7. The summed E-state index contributed by atoms with van der Waals surface area (Å²) in [5.74, 6) is -2.99. The van der Waals surface area contributed by atoms with E-state index in [0.717, 1.165) is 0 Å². The number of hydrogen-bond acceptors (Lipinski definition) is 8. The van der Waals surface area contributed by atoms with Crippen molar-refractivity contribution in [2.45, 2.75) is 50.4 Å². The molecule has 4 unspecified atom stereocenters. The summed E-state index contributed by atoms with van der Waals surface area (Å²) < 4.78 is 0. The Morgan fingerprint density at radius 3 is 2.10 bits per heavy atom. The number of carboxylic acid groups (broad SMARTS) is 1. The second-order valence-corrected chi connectivity index (χ2v) is 7.67. The fourth-order valence-electron chi connectivity index (χ4n) is 2.44. The molecule has 13 nitrogen and oxygen atoms in total. The molecule has 0 aliphatic carbocycles. The highest BCUT2D eigenvalue weighted by atomic mass is 32.2. The van der Waals surface area contributed by atoms with Crippen molar-refractivity contribution in [3.63, 3.8) is 0 Å². The molecule has 0 saturated carbocycles. The molecule has 11 N–H and O–H groups in total. The summed E-state index contributed by atoms with van der Waals surface area (Å²) in [6.45, 7) is 1.13. The molecule has 14 heteroatoms. The quantitative estimate of drug-likeness (QED) is 0.0683. The molecule has 0 heterocycles. The molecule has 0 rings (SSSR count). The van der Waals surface area contributed by atoms with Gasteiger partial charge in [0.05, 0.1) is 12.6 Å². The first-order valence-electron chi connectivity index (χ1n) is 9.58. The Bertz CT molecular complexity index is 642. The van der Waals surface area contributed by atoms with Crippen LogP contribution >= 0.6 is 11.8 Å². The zero-order chi connectivity index (χ0) is 24.0. The predicted octanol–water partition coefficient (Wildman–Crippen LogP) is -3.33. The highest BCUT2D eigenvalue weighted by Gasteiger charge is 2.31. The zero-order valence-corrected chi connectivity index (χ0v) is 18.5. The van der Waals surface area contributed by atoms with Crippen molar-refractivity contribution in [3.8, 4) is 0 Å². The van der Waals surface area contributed by atoms with E-state index in [1.54, 1.807) is 6.26 Å². The number of aliphatic imine (C=N–C) groups is 1. The molecular formula is C17H33N7O6S. The predicted molar refractivity (Wildman–Crippen MR) is 117 cm³/mol. The van der Waals surface area contributed by atoms with Gasteiger partial charge in [-0.2, -0.15) is 11.8 Å². The Kier molecular flexibility index (Phi) is 14.0. The van der Waals surface area contributed by atoms with Crippen LogP contribution in [0.15, 0.2) is 4.99 Å². The molecule has 4 atom stereocenters. The summed E-state index contributed by atoms with van der Waals surface area (Å²) in [6, 6.07) is -3.61. The molecule has 0 aromatic rings. The number of carboxylic acids is 1. The van der Waals surface area contributed by atoms with E-state index in [-0.39, 0.29) is 31.9 Å². The second-order valence-electron chi connectivity index (χ2n) is 6.68. The lowest BCUT2D eigenvalue weighted by Crippen LogP contribution is -2.57. The number of carbonyl (C=O) groups is 4. The van der Waals surface area contributed by atoms with Gasteiger partial charge < -0.3 is 43.4 Å². The number of carbonyl (C=O) groups excluding carboxylic acids is 3. The number of aliphatic hydroxyl groups excluding tert-OH is 1. The molecule has 0 aliphatic heterocycles. The van der Waals surface area contributed by atoms with Crippen LogP contribution in [0.1, 0.15) is 26.2 Å². The maximum absolute atomic E-state index is 12.7. The molecule has 0 fully saturated rings. The topological polar surface area (TPSA) is 235 Å². The number of rotatable bonds is 15. The molecule has 3 amide bonds. The van der Waals surface area contributed by atoms with Crippen molar-refractivity contribution in [1.82, 2.24) is 16.0 Å². The van der Waals surface area contributed by atoms with Crippen molar-refractivity contribution >= 4 is 41.4 Å². The average molecular weight is 464 g/mol. The highest BCUT2D eigenvalue weighted by Crippen LogP contribution is 2.05. The molecule has 178 valence electrons.